The fraction of sp³-hybridized carbons (Fsp3) is 0.222. The minimum absolute atomic E-state index is 0.371. The zero-order valence-electron chi connectivity index (χ0n) is 7.71. The van der Waals surface area contributed by atoms with Crippen LogP contribution in [0, 0.1) is 0 Å². The second kappa shape index (κ2) is 4.97. The van der Waals surface area contributed by atoms with Crippen molar-refractivity contribution < 1.29 is 9.53 Å². The van der Waals surface area contributed by atoms with Crippen LogP contribution in [-0.2, 0) is 10.1 Å². The largest absolute Gasteiger partial charge is 0.465 e. The molecule has 1 aromatic carbocycles. The minimum atomic E-state index is -0.371. The van der Waals surface area contributed by atoms with Crippen molar-refractivity contribution in [1.29, 1.82) is 0 Å². The molecule has 0 heterocycles. The molecular formula is C9H11BrN2O2. The first-order chi connectivity index (χ1) is 6.71. The number of esters is 1. The van der Waals surface area contributed by atoms with Gasteiger partial charge in [0, 0.05) is 11.0 Å². The number of anilines is 1. The summed E-state index contributed by atoms with van der Waals surface area (Å²) in [6.45, 7) is 0. The molecule has 0 atom stereocenters. The molecule has 76 valence electrons. The number of hydrogen-bond donors (Lipinski definition) is 2. The Morgan fingerprint density at radius 2 is 2.29 bits per heavy atom. The number of carbonyl (C=O) groups excluding carboxylic acids is 1. The van der Waals surface area contributed by atoms with E-state index in [9.17, 15) is 4.79 Å². The van der Waals surface area contributed by atoms with E-state index < -0.39 is 0 Å². The van der Waals surface area contributed by atoms with E-state index in [4.69, 9.17) is 5.84 Å². The zero-order chi connectivity index (χ0) is 10.6. The molecule has 0 spiro atoms. The molecular weight excluding hydrogens is 248 g/mol. The van der Waals surface area contributed by atoms with Crippen molar-refractivity contribution in [2.45, 2.75) is 5.33 Å². The Labute approximate surface area is 90.5 Å². The number of alkyl halides is 1. The van der Waals surface area contributed by atoms with E-state index in [-0.39, 0.29) is 5.97 Å². The second-order valence-corrected chi connectivity index (χ2v) is 3.25. The van der Waals surface area contributed by atoms with E-state index >= 15 is 0 Å². The number of benzene rings is 1. The number of nitrogen functional groups attached to an aromatic ring is 1. The Hall–Kier alpha value is -1.07. The maximum Gasteiger partial charge on any atom is 0.337 e. The average Bonchev–Trinajstić information content (AvgIpc) is 2.27. The number of hydrazine groups is 1. The number of nitrogens with two attached hydrogens (primary N) is 1. The standard InChI is InChI=1S/C9H11BrN2O2/c1-14-9(13)7-2-6(5-10)3-8(4-7)12-11/h2-4,12H,5,11H2,1H3. The average molecular weight is 259 g/mol. The fourth-order valence-corrected chi connectivity index (χ4v) is 1.41. The molecule has 1 aromatic rings. The minimum Gasteiger partial charge on any atom is -0.465 e. The molecule has 0 aliphatic heterocycles. The van der Waals surface area contributed by atoms with Gasteiger partial charge in [0.25, 0.3) is 0 Å². The van der Waals surface area contributed by atoms with Gasteiger partial charge in [-0.2, -0.15) is 0 Å². The normalized spacial score (nSPS) is 9.64. The highest BCUT2D eigenvalue weighted by Gasteiger charge is 2.07. The summed E-state index contributed by atoms with van der Waals surface area (Å²) in [7, 11) is 1.35. The first-order valence-corrected chi connectivity index (χ1v) is 5.08. The molecule has 0 fully saturated rings. The molecule has 0 aliphatic carbocycles. The molecule has 0 bridgehead atoms. The van der Waals surface area contributed by atoms with Crippen molar-refractivity contribution in [1.82, 2.24) is 0 Å². The van der Waals surface area contributed by atoms with E-state index in [0.29, 0.717) is 16.6 Å². The van der Waals surface area contributed by atoms with Gasteiger partial charge in [-0.05, 0) is 23.8 Å². The molecule has 14 heavy (non-hydrogen) atoms. The van der Waals surface area contributed by atoms with Gasteiger partial charge in [0.2, 0.25) is 0 Å². The molecule has 0 unspecified atom stereocenters. The van der Waals surface area contributed by atoms with Crippen molar-refractivity contribution in [2.75, 3.05) is 12.5 Å². The van der Waals surface area contributed by atoms with E-state index in [1.807, 2.05) is 6.07 Å². The van der Waals surface area contributed by atoms with Crippen LogP contribution in [0.4, 0.5) is 5.69 Å². The Bertz CT molecular complexity index is 319. The number of halogens is 1. The zero-order valence-corrected chi connectivity index (χ0v) is 9.30. The van der Waals surface area contributed by atoms with Crippen LogP contribution in [0.3, 0.4) is 0 Å². The third-order valence-electron chi connectivity index (χ3n) is 1.73. The van der Waals surface area contributed by atoms with E-state index in [2.05, 4.69) is 26.1 Å². The van der Waals surface area contributed by atoms with Crippen LogP contribution < -0.4 is 11.3 Å². The van der Waals surface area contributed by atoms with Crippen LogP contribution in [0.5, 0.6) is 0 Å². The molecule has 0 aromatic heterocycles. The maximum atomic E-state index is 11.2. The quantitative estimate of drug-likeness (QED) is 0.375. The highest BCUT2D eigenvalue weighted by molar-refractivity contribution is 9.08. The lowest BCUT2D eigenvalue weighted by atomic mass is 10.1. The van der Waals surface area contributed by atoms with Crippen molar-refractivity contribution in [3.8, 4) is 0 Å². The first-order valence-electron chi connectivity index (χ1n) is 3.96. The summed E-state index contributed by atoms with van der Waals surface area (Å²) in [5, 5.41) is 0.659. The molecule has 0 radical (unpaired) electrons. The highest BCUT2D eigenvalue weighted by atomic mass is 79.9. The van der Waals surface area contributed by atoms with Crippen molar-refractivity contribution in [2.24, 2.45) is 5.84 Å². The summed E-state index contributed by atoms with van der Waals surface area (Å²) in [6.07, 6.45) is 0. The maximum absolute atomic E-state index is 11.2. The lowest BCUT2D eigenvalue weighted by molar-refractivity contribution is 0.0600. The van der Waals surface area contributed by atoms with Gasteiger partial charge in [0.15, 0.2) is 0 Å². The van der Waals surface area contributed by atoms with E-state index in [1.165, 1.54) is 7.11 Å². The van der Waals surface area contributed by atoms with Crippen molar-refractivity contribution >= 4 is 27.6 Å². The summed E-state index contributed by atoms with van der Waals surface area (Å²) in [5.41, 5.74) is 4.62. The van der Waals surface area contributed by atoms with Gasteiger partial charge >= 0.3 is 5.97 Å². The number of carbonyl (C=O) groups is 1. The number of rotatable bonds is 3. The van der Waals surface area contributed by atoms with Gasteiger partial charge in [-0.1, -0.05) is 15.9 Å². The summed E-state index contributed by atoms with van der Waals surface area (Å²) in [5.74, 6) is 4.90. The highest BCUT2D eigenvalue weighted by Crippen LogP contribution is 2.17. The number of hydrogen-bond acceptors (Lipinski definition) is 4. The van der Waals surface area contributed by atoms with E-state index in [1.54, 1.807) is 12.1 Å². The summed E-state index contributed by atoms with van der Waals surface area (Å²) < 4.78 is 4.61. The molecule has 5 heteroatoms. The lowest BCUT2D eigenvalue weighted by Crippen LogP contribution is -2.09. The van der Waals surface area contributed by atoms with Crippen LogP contribution in [0.15, 0.2) is 18.2 Å². The Morgan fingerprint density at radius 1 is 1.57 bits per heavy atom. The molecule has 4 nitrogen and oxygen atoms in total. The summed E-state index contributed by atoms with van der Waals surface area (Å²) in [6, 6.07) is 5.24. The third kappa shape index (κ3) is 2.46. The number of methoxy groups -OCH3 is 1. The predicted octanol–water partition coefficient (Wildman–Crippen LogP) is 1.65. The Kier molecular flexibility index (Phi) is 3.91. The summed E-state index contributed by atoms with van der Waals surface area (Å²) in [4.78, 5) is 11.2. The van der Waals surface area contributed by atoms with Crippen LogP contribution in [0.2, 0.25) is 0 Å². The van der Waals surface area contributed by atoms with Crippen molar-refractivity contribution in [3.63, 3.8) is 0 Å². The molecule has 3 N–H and O–H groups in total. The van der Waals surface area contributed by atoms with Crippen LogP contribution in [-0.4, -0.2) is 13.1 Å². The molecule has 0 saturated heterocycles. The van der Waals surface area contributed by atoms with Gasteiger partial charge in [0.05, 0.1) is 12.7 Å². The summed E-state index contributed by atoms with van der Waals surface area (Å²) >= 11 is 3.31. The topological polar surface area (TPSA) is 64.3 Å². The van der Waals surface area contributed by atoms with Gasteiger partial charge in [-0.3, -0.25) is 5.84 Å². The lowest BCUT2D eigenvalue weighted by Gasteiger charge is -2.06. The van der Waals surface area contributed by atoms with Crippen LogP contribution in [0.25, 0.3) is 0 Å². The fourth-order valence-electron chi connectivity index (χ4n) is 1.09. The second-order valence-electron chi connectivity index (χ2n) is 2.69. The SMILES string of the molecule is COC(=O)c1cc(CBr)cc(NN)c1. The van der Waals surface area contributed by atoms with Gasteiger partial charge in [0.1, 0.15) is 0 Å². The Balaban J connectivity index is 3.10. The third-order valence-corrected chi connectivity index (χ3v) is 2.38. The van der Waals surface area contributed by atoms with Crippen LogP contribution in [0.1, 0.15) is 15.9 Å². The molecule has 1 rings (SSSR count). The van der Waals surface area contributed by atoms with Crippen molar-refractivity contribution in [3.05, 3.63) is 29.3 Å². The molecule has 0 aliphatic rings. The smallest absolute Gasteiger partial charge is 0.337 e. The van der Waals surface area contributed by atoms with Gasteiger partial charge in [-0.15, -0.1) is 0 Å². The monoisotopic (exact) mass is 258 g/mol. The first kappa shape index (κ1) is 11.0. The van der Waals surface area contributed by atoms with E-state index in [0.717, 1.165) is 5.56 Å². The predicted molar refractivity (Wildman–Crippen MR) is 58.2 cm³/mol. The van der Waals surface area contributed by atoms with Gasteiger partial charge in [-0.25, -0.2) is 4.79 Å². The Morgan fingerprint density at radius 3 is 2.79 bits per heavy atom. The molecule has 0 saturated carbocycles. The molecule has 0 amide bonds. The number of nitrogens with one attached hydrogen (secondary N) is 1. The number of ether oxygens (including phenoxy) is 1. The van der Waals surface area contributed by atoms with Gasteiger partial charge < -0.3 is 10.2 Å². The van der Waals surface area contributed by atoms with Crippen LogP contribution >= 0.6 is 15.9 Å².